The zero-order valence-corrected chi connectivity index (χ0v) is 12.7. The van der Waals surface area contributed by atoms with E-state index in [2.05, 4.69) is 30.5 Å². The smallest absolute Gasteiger partial charge is 0.253 e. The summed E-state index contributed by atoms with van der Waals surface area (Å²) in [6.07, 6.45) is 1.11. The highest BCUT2D eigenvalue weighted by Crippen LogP contribution is 2.26. The zero-order chi connectivity index (χ0) is 14.1. The molecule has 1 aromatic heterocycles. The van der Waals surface area contributed by atoms with Gasteiger partial charge in [-0.05, 0) is 31.9 Å². The highest BCUT2D eigenvalue weighted by molar-refractivity contribution is 7.17. The highest BCUT2D eigenvalue weighted by atomic mass is 32.1. The third-order valence-corrected chi connectivity index (χ3v) is 5.20. The molecule has 0 radical (unpaired) electrons. The summed E-state index contributed by atoms with van der Waals surface area (Å²) in [6.45, 7) is 5.40. The number of piperidine rings is 1. The van der Waals surface area contributed by atoms with Gasteiger partial charge in [0.05, 0.1) is 5.56 Å². The number of benzene rings is 1. The molecule has 3 unspecified atom stereocenters. The van der Waals surface area contributed by atoms with Crippen LogP contribution in [-0.2, 0) is 0 Å². The number of hydrogen-bond acceptors (Lipinski definition) is 3. The lowest BCUT2D eigenvalue weighted by molar-refractivity contribution is 0.0899. The van der Waals surface area contributed by atoms with Crippen molar-refractivity contribution in [1.82, 2.24) is 10.6 Å². The van der Waals surface area contributed by atoms with Crippen LogP contribution in [0.2, 0.25) is 0 Å². The molecule has 2 N–H and O–H groups in total. The fourth-order valence-electron chi connectivity index (χ4n) is 2.99. The van der Waals surface area contributed by atoms with E-state index in [1.807, 2.05) is 23.6 Å². The van der Waals surface area contributed by atoms with Crippen LogP contribution in [0, 0.1) is 5.92 Å². The van der Waals surface area contributed by atoms with Crippen molar-refractivity contribution in [2.24, 2.45) is 5.92 Å². The maximum absolute atomic E-state index is 12.5. The summed E-state index contributed by atoms with van der Waals surface area (Å²) in [6, 6.07) is 8.61. The third kappa shape index (κ3) is 2.45. The predicted molar refractivity (Wildman–Crippen MR) is 84.3 cm³/mol. The van der Waals surface area contributed by atoms with E-state index in [-0.39, 0.29) is 11.9 Å². The molecule has 2 aromatic rings. The highest BCUT2D eigenvalue weighted by Gasteiger charge is 2.29. The first-order chi connectivity index (χ1) is 9.66. The van der Waals surface area contributed by atoms with E-state index < -0.39 is 0 Å². The summed E-state index contributed by atoms with van der Waals surface area (Å²) < 4.78 is 1.17. The van der Waals surface area contributed by atoms with E-state index in [1.54, 1.807) is 11.3 Å². The van der Waals surface area contributed by atoms with Crippen LogP contribution >= 0.6 is 11.3 Å². The molecule has 2 heterocycles. The van der Waals surface area contributed by atoms with E-state index in [1.165, 1.54) is 4.70 Å². The molecule has 106 valence electrons. The molecule has 3 rings (SSSR count). The Labute approximate surface area is 123 Å². The lowest BCUT2D eigenvalue weighted by Gasteiger charge is -2.35. The Balaban J connectivity index is 1.82. The Morgan fingerprint density at radius 1 is 1.35 bits per heavy atom. The fourth-order valence-corrected chi connectivity index (χ4v) is 3.93. The van der Waals surface area contributed by atoms with E-state index in [0.29, 0.717) is 12.0 Å². The molecule has 3 nitrogen and oxygen atoms in total. The molecule has 3 atom stereocenters. The molecule has 4 heteroatoms. The topological polar surface area (TPSA) is 41.1 Å². The van der Waals surface area contributed by atoms with Gasteiger partial charge in [-0.15, -0.1) is 11.3 Å². The summed E-state index contributed by atoms with van der Waals surface area (Å²) in [5.41, 5.74) is 0.801. The lowest BCUT2D eigenvalue weighted by atomic mass is 9.89. The Morgan fingerprint density at radius 3 is 2.95 bits per heavy atom. The van der Waals surface area contributed by atoms with Gasteiger partial charge in [-0.3, -0.25) is 4.79 Å². The molecule has 0 bridgehead atoms. The summed E-state index contributed by atoms with van der Waals surface area (Å²) in [5.74, 6) is 0.565. The minimum Gasteiger partial charge on any atom is -0.347 e. The molecule has 1 fully saturated rings. The van der Waals surface area contributed by atoms with Crippen molar-refractivity contribution in [3.8, 4) is 0 Å². The zero-order valence-electron chi connectivity index (χ0n) is 11.8. The molecule has 0 aliphatic carbocycles. The van der Waals surface area contributed by atoms with Gasteiger partial charge in [0.25, 0.3) is 5.91 Å². The summed E-state index contributed by atoms with van der Waals surface area (Å²) in [7, 11) is 0. The number of nitrogens with one attached hydrogen (secondary N) is 2. The average molecular weight is 288 g/mol. The van der Waals surface area contributed by atoms with Crippen molar-refractivity contribution in [3.63, 3.8) is 0 Å². The molecule has 0 spiro atoms. The maximum Gasteiger partial charge on any atom is 0.253 e. The van der Waals surface area contributed by atoms with Crippen LogP contribution in [0.15, 0.2) is 29.6 Å². The van der Waals surface area contributed by atoms with E-state index in [0.717, 1.165) is 23.9 Å². The van der Waals surface area contributed by atoms with Crippen LogP contribution in [0.3, 0.4) is 0 Å². The monoisotopic (exact) mass is 288 g/mol. The van der Waals surface area contributed by atoms with Gasteiger partial charge >= 0.3 is 0 Å². The number of carbonyl (C=O) groups is 1. The van der Waals surface area contributed by atoms with E-state index >= 15 is 0 Å². The van der Waals surface area contributed by atoms with Gasteiger partial charge in [0.2, 0.25) is 0 Å². The van der Waals surface area contributed by atoms with Crippen molar-refractivity contribution in [1.29, 1.82) is 0 Å². The number of rotatable bonds is 2. The standard InChI is InChI=1S/C16H20N2OS/c1-10-7-8-17-11(2)15(10)18-16(19)13-9-20-14-6-4-3-5-12(13)14/h3-6,9-11,15,17H,7-8H2,1-2H3,(H,18,19). The number of hydrogen-bond donors (Lipinski definition) is 2. The molecule has 1 aliphatic rings. The first kappa shape index (κ1) is 13.6. The Kier molecular flexibility index (Phi) is 3.76. The van der Waals surface area contributed by atoms with Crippen molar-refractivity contribution < 1.29 is 4.79 Å². The van der Waals surface area contributed by atoms with Crippen molar-refractivity contribution >= 4 is 27.3 Å². The molecule has 1 aliphatic heterocycles. The van der Waals surface area contributed by atoms with E-state index in [4.69, 9.17) is 0 Å². The average Bonchev–Trinajstić information content (AvgIpc) is 2.87. The van der Waals surface area contributed by atoms with Crippen LogP contribution in [0.25, 0.3) is 10.1 Å². The Hall–Kier alpha value is -1.39. The molecule has 1 amide bonds. The van der Waals surface area contributed by atoms with Gasteiger partial charge in [0.15, 0.2) is 0 Å². The van der Waals surface area contributed by atoms with Crippen LogP contribution < -0.4 is 10.6 Å². The van der Waals surface area contributed by atoms with Gasteiger partial charge in [-0.2, -0.15) is 0 Å². The summed E-state index contributed by atoms with van der Waals surface area (Å²) >= 11 is 1.63. The maximum atomic E-state index is 12.5. The predicted octanol–water partition coefficient (Wildman–Crippen LogP) is 3.02. The molecular formula is C16H20N2OS. The van der Waals surface area contributed by atoms with Crippen molar-refractivity contribution in [3.05, 3.63) is 35.2 Å². The second-order valence-electron chi connectivity index (χ2n) is 5.65. The molecule has 0 saturated carbocycles. The van der Waals surface area contributed by atoms with Crippen LogP contribution in [0.4, 0.5) is 0 Å². The fraction of sp³-hybridized carbons (Fsp3) is 0.438. The Bertz CT molecular complexity index is 612. The summed E-state index contributed by atoms with van der Waals surface area (Å²) in [4.78, 5) is 12.5. The second kappa shape index (κ2) is 5.54. The van der Waals surface area contributed by atoms with Crippen LogP contribution in [0.5, 0.6) is 0 Å². The van der Waals surface area contributed by atoms with E-state index in [9.17, 15) is 4.79 Å². The lowest BCUT2D eigenvalue weighted by Crippen LogP contribution is -2.55. The van der Waals surface area contributed by atoms with Crippen molar-refractivity contribution in [2.75, 3.05) is 6.54 Å². The number of thiophene rings is 1. The normalized spacial score (nSPS) is 26.6. The minimum absolute atomic E-state index is 0.0508. The number of fused-ring (bicyclic) bond motifs is 1. The van der Waals surface area contributed by atoms with Gasteiger partial charge in [-0.25, -0.2) is 0 Å². The van der Waals surface area contributed by atoms with Gasteiger partial charge in [-0.1, -0.05) is 25.1 Å². The first-order valence-electron chi connectivity index (χ1n) is 7.17. The summed E-state index contributed by atoms with van der Waals surface area (Å²) in [5, 5.41) is 9.67. The van der Waals surface area contributed by atoms with Gasteiger partial charge in [0, 0.05) is 27.5 Å². The minimum atomic E-state index is 0.0508. The van der Waals surface area contributed by atoms with Gasteiger partial charge in [0.1, 0.15) is 0 Å². The first-order valence-corrected chi connectivity index (χ1v) is 8.05. The Morgan fingerprint density at radius 2 is 2.15 bits per heavy atom. The third-order valence-electron chi connectivity index (χ3n) is 4.24. The van der Waals surface area contributed by atoms with Gasteiger partial charge < -0.3 is 10.6 Å². The van der Waals surface area contributed by atoms with Crippen LogP contribution in [0.1, 0.15) is 30.6 Å². The van der Waals surface area contributed by atoms with Crippen LogP contribution in [-0.4, -0.2) is 24.5 Å². The molecular weight excluding hydrogens is 268 g/mol. The molecule has 1 aromatic carbocycles. The SMILES string of the molecule is CC1CCNC(C)C1NC(=O)c1csc2ccccc12. The second-order valence-corrected chi connectivity index (χ2v) is 6.56. The molecule has 20 heavy (non-hydrogen) atoms. The van der Waals surface area contributed by atoms with Crippen molar-refractivity contribution in [2.45, 2.75) is 32.4 Å². The number of carbonyl (C=O) groups excluding carboxylic acids is 1. The number of amides is 1. The molecule has 1 saturated heterocycles. The largest absolute Gasteiger partial charge is 0.347 e. The quantitative estimate of drug-likeness (QED) is 0.892.